The maximum Gasteiger partial charge on any atom is 0.294 e. The quantitative estimate of drug-likeness (QED) is 0.431. The standard InChI is InChI=1S/C18H11ClFN3O5S/c19-13-6-1-10(7-14(13)23(27)28)8-15-17(25)22(18(26)29-15)9-16(24)21-12-4-2-11(20)3-5-12/h1-8H,9H2,(H,21,24)/b15-8-. The molecule has 1 saturated heterocycles. The van der Waals surface area contributed by atoms with Crippen molar-refractivity contribution in [3.63, 3.8) is 0 Å². The summed E-state index contributed by atoms with van der Waals surface area (Å²) in [5.74, 6) is -1.81. The van der Waals surface area contributed by atoms with Crippen molar-refractivity contribution >= 4 is 57.9 Å². The maximum absolute atomic E-state index is 12.9. The number of benzene rings is 2. The molecule has 1 fully saturated rings. The number of hydrogen-bond acceptors (Lipinski definition) is 6. The molecular formula is C18H11ClFN3O5S. The zero-order chi connectivity index (χ0) is 21.1. The lowest BCUT2D eigenvalue weighted by molar-refractivity contribution is -0.384. The number of imide groups is 1. The van der Waals surface area contributed by atoms with Crippen molar-refractivity contribution in [3.8, 4) is 0 Å². The van der Waals surface area contributed by atoms with Gasteiger partial charge in [-0.2, -0.15) is 0 Å². The Balaban J connectivity index is 1.73. The average Bonchev–Trinajstić information content (AvgIpc) is 2.92. The third-order valence-electron chi connectivity index (χ3n) is 3.77. The van der Waals surface area contributed by atoms with Crippen LogP contribution < -0.4 is 5.32 Å². The number of carbonyl (C=O) groups is 3. The molecular weight excluding hydrogens is 425 g/mol. The summed E-state index contributed by atoms with van der Waals surface area (Å²) in [7, 11) is 0. The smallest absolute Gasteiger partial charge is 0.294 e. The molecule has 3 amide bonds. The Hall–Kier alpha value is -3.24. The second-order valence-corrected chi connectivity index (χ2v) is 7.19. The summed E-state index contributed by atoms with van der Waals surface area (Å²) < 4.78 is 12.9. The number of amides is 3. The highest BCUT2D eigenvalue weighted by Gasteiger charge is 2.36. The second-order valence-electron chi connectivity index (χ2n) is 5.79. The van der Waals surface area contributed by atoms with Crippen LogP contribution in [0.2, 0.25) is 5.02 Å². The first-order valence-electron chi connectivity index (χ1n) is 7.99. The third-order valence-corrected chi connectivity index (χ3v) is 4.99. The number of thioether (sulfide) groups is 1. The van der Waals surface area contributed by atoms with E-state index in [0.717, 1.165) is 17.0 Å². The summed E-state index contributed by atoms with van der Waals surface area (Å²) in [6.45, 7) is -0.528. The second kappa shape index (κ2) is 8.41. The van der Waals surface area contributed by atoms with E-state index in [1.54, 1.807) is 0 Å². The molecule has 0 radical (unpaired) electrons. The van der Waals surface area contributed by atoms with E-state index in [1.165, 1.54) is 36.4 Å². The topological polar surface area (TPSA) is 110 Å². The van der Waals surface area contributed by atoms with Gasteiger partial charge in [-0.1, -0.05) is 17.7 Å². The molecule has 0 atom stereocenters. The molecule has 11 heteroatoms. The number of nitrogens with zero attached hydrogens (tertiary/aromatic N) is 2. The average molecular weight is 436 g/mol. The summed E-state index contributed by atoms with van der Waals surface area (Å²) >= 11 is 6.36. The van der Waals surface area contributed by atoms with Gasteiger partial charge in [0.2, 0.25) is 5.91 Å². The van der Waals surface area contributed by atoms with Crippen LogP contribution in [-0.2, 0) is 9.59 Å². The summed E-state index contributed by atoms with van der Waals surface area (Å²) in [5.41, 5.74) is 0.285. The Morgan fingerprint density at radius 3 is 2.59 bits per heavy atom. The third kappa shape index (κ3) is 4.79. The number of hydrogen-bond donors (Lipinski definition) is 1. The van der Waals surface area contributed by atoms with Crippen molar-refractivity contribution in [1.82, 2.24) is 4.90 Å². The van der Waals surface area contributed by atoms with Crippen LogP contribution in [0.3, 0.4) is 0 Å². The van der Waals surface area contributed by atoms with Crippen molar-refractivity contribution < 1.29 is 23.7 Å². The van der Waals surface area contributed by atoms with Gasteiger partial charge in [-0.15, -0.1) is 0 Å². The van der Waals surface area contributed by atoms with Gasteiger partial charge in [0.05, 0.1) is 9.83 Å². The van der Waals surface area contributed by atoms with Gasteiger partial charge in [-0.25, -0.2) is 4.39 Å². The van der Waals surface area contributed by atoms with Gasteiger partial charge in [-0.3, -0.25) is 29.4 Å². The Kier molecular flexibility index (Phi) is 5.95. The molecule has 0 spiro atoms. The number of nitro groups is 1. The minimum Gasteiger partial charge on any atom is -0.325 e. The van der Waals surface area contributed by atoms with Gasteiger partial charge in [-0.05, 0) is 53.7 Å². The summed E-state index contributed by atoms with van der Waals surface area (Å²) in [6, 6.07) is 8.95. The number of halogens is 2. The molecule has 1 aliphatic heterocycles. The van der Waals surface area contributed by atoms with Gasteiger partial charge in [0.25, 0.3) is 16.8 Å². The van der Waals surface area contributed by atoms with E-state index in [0.29, 0.717) is 23.0 Å². The molecule has 0 aromatic heterocycles. The number of carbonyl (C=O) groups excluding carboxylic acids is 3. The molecule has 0 saturated carbocycles. The molecule has 8 nitrogen and oxygen atoms in total. The molecule has 1 aliphatic rings. The number of nitrogens with one attached hydrogen (secondary N) is 1. The first kappa shape index (κ1) is 20.5. The molecule has 29 heavy (non-hydrogen) atoms. The molecule has 1 N–H and O–H groups in total. The summed E-state index contributed by atoms with van der Waals surface area (Å²) in [5, 5.41) is 12.7. The fourth-order valence-electron chi connectivity index (χ4n) is 2.42. The fraction of sp³-hybridized carbons (Fsp3) is 0.0556. The van der Waals surface area contributed by atoms with Crippen molar-refractivity contribution in [2.24, 2.45) is 0 Å². The van der Waals surface area contributed by atoms with Gasteiger partial charge >= 0.3 is 0 Å². The van der Waals surface area contributed by atoms with E-state index >= 15 is 0 Å². The molecule has 0 aliphatic carbocycles. The lowest BCUT2D eigenvalue weighted by atomic mass is 10.2. The van der Waals surface area contributed by atoms with Crippen LogP contribution in [0, 0.1) is 15.9 Å². The van der Waals surface area contributed by atoms with Crippen molar-refractivity contribution in [1.29, 1.82) is 0 Å². The van der Waals surface area contributed by atoms with Crippen LogP contribution in [0.4, 0.5) is 20.6 Å². The zero-order valence-corrected chi connectivity index (χ0v) is 16.0. The Morgan fingerprint density at radius 1 is 1.24 bits per heavy atom. The van der Waals surface area contributed by atoms with Crippen LogP contribution in [0.15, 0.2) is 47.4 Å². The minimum atomic E-state index is -0.702. The Bertz CT molecular complexity index is 1060. The van der Waals surface area contributed by atoms with Gasteiger partial charge in [0, 0.05) is 11.8 Å². The molecule has 0 unspecified atom stereocenters. The predicted octanol–water partition coefficient (Wildman–Crippen LogP) is 4.06. The highest BCUT2D eigenvalue weighted by atomic mass is 35.5. The molecule has 3 rings (SSSR count). The van der Waals surface area contributed by atoms with Crippen LogP contribution in [0.5, 0.6) is 0 Å². The number of anilines is 1. The minimum absolute atomic E-state index is 0.0150. The van der Waals surface area contributed by atoms with Crippen molar-refractivity contribution in [2.75, 3.05) is 11.9 Å². The highest BCUT2D eigenvalue weighted by molar-refractivity contribution is 8.18. The Morgan fingerprint density at radius 2 is 1.93 bits per heavy atom. The first-order chi connectivity index (χ1) is 13.7. The predicted molar refractivity (Wildman–Crippen MR) is 106 cm³/mol. The molecule has 0 bridgehead atoms. The largest absolute Gasteiger partial charge is 0.325 e. The van der Waals surface area contributed by atoms with Crippen LogP contribution in [-0.4, -0.2) is 33.4 Å². The lowest BCUT2D eigenvalue weighted by Gasteiger charge is -2.12. The number of nitro benzene ring substituents is 1. The lowest BCUT2D eigenvalue weighted by Crippen LogP contribution is -2.36. The SMILES string of the molecule is O=C(CN1C(=O)S/C(=C\c2ccc(Cl)c([N+](=O)[O-])c2)C1=O)Nc1ccc(F)cc1. The van der Waals surface area contributed by atoms with E-state index in [-0.39, 0.29) is 15.6 Å². The van der Waals surface area contributed by atoms with Gasteiger partial charge in [0.1, 0.15) is 17.4 Å². The zero-order valence-electron chi connectivity index (χ0n) is 14.4. The molecule has 148 valence electrons. The summed E-state index contributed by atoms with van der Waals surface area (Å²) in [6.07, 6.45) is 1.31. The maximum atomic E-state index is 12.9. The van der Waals surface area contributed by atoms with Gasteiger partial charge < -0.3 is 5.32 Å². The van der Waals surface area contributed by atoms with Crippen molar-refractivity contribution in [2.45, 2.75) is 0 Å². The molecule has 2 aromatic carbocycles. The highest BCUT2D eigenvalue weighted by Crippen LogP contribution is 2.33. The van der Waals surface area contributed by atoms with E-state index in [1.807, 2.05) is 0 Å². The monoisotopic (exact) mass is 435 g/mol. The van der Waals surface area contributed by atoms with Crippen LogP contribution >= 0.6 is 23.4 Å². The normalized spacial score (nSPS) is 15.1. The van der Waals surface area contributed by atoms with Crippen LogP contribution in [0.25, 0.3) is 6.08 Å². The number of rotatable bonds is 5. The Labute approximate surface area is 172 Å². The summed E-state index contributed by atoms with van der Waals surface area (Å²) in [4.78, 5) is 47.8. The molecule has 1 heterocycles. The van der Waals surface area contributed by atoms with Crippen molar-refractivity contribution in [3.05, 3.63) is 73.9 Å². The van der Waals surface area contributed by atoms with E-state index in [9.17, 15) is 28.9 Å². The first-order valence-corrected chi connectivity index (χ1v) is 9.19. The van der Waals surface area contributed by atoms with Crippen LogP contribution in [0.1, 0.15) is 5.56 Å². The van der Waals surface area contributed by atoms with E-state index in [4.69, 9.17) is 11.6 Å². The fourth-order valence-corrected chi connectivity index (χ4v) is 3.45. The van der Waals surface area contributed by atoms with E-state index < -0.39 is 34.3 Å². The van der Waals surface area contributed by atoms with Gasteiger partial charge in [0.15, 0.2) is 0 Å². The molecule has 2 aromatic rings. The van der Waals surface area contributed by atoms with E-state index in [2.05, 4.69) is 5.32 Å².